The Kier molecular flexibility index (Phi) is 4.17. The van der Waals surface area contributed by atoms with Crippen LogP contribution in [0.3, 0.4) is 0 Å². The number of benzene rings is 1. The van der Waals surface area contributed by atoms with Crippen LogP contribution in [-0.4, -0.2) is 47.3 Å². The van der Waals surface area contributed by atoms with Crippen LogP contribution in [0.5, 0.6) is 0 Å². The lowest BCUT2D eigenvalue weighted by atomic mass is 10.1. The first-order valence-electron chi connectivity index (χ1n) is 7.65. The number of aromatic nitrogens is 1. The van der Waals surface area contributed by atoms with E-state index in [-0.39, 0.29) is 19.5 Å². The minimum Gasteiger partial charge on any atom is -0.343 e. The minimum atomic E-state index is -2.83. The van der Waals surface area contributed by atoms with Crippen molar-refractivity contribution in [1.29, 1.82) is 0 Å². The molecule has 1 aromatic carbocycles. The summed E-state index contributed by atoms with van der Waals surface area (Å²) in [7, 11) is 0. The van der Waals surface area contributed by atoms with Gasteiger partial charge in [0.05, 0.1) is 24.2 Å². The Hall–Kier alpha value is -2.57. The lowest BCUT2D eigenvalue weighted by molar-refractivity contribution is -0.130. The van der Waals surface area contributed by atoms with Crippen LogP contribution >= 0.6 is 0 Å². The zero-order chi connectivity index (χ0) is 17.3. The van der Waals surface area contributed by atoms with Gasteiger partial charge in [0, 0.05) is 24.5 Å². The number of halogens is 2. The van der Waals surface area contributed by atoms with Gasteiger partial charge >= 0.3 is 0 Å². The Labute approximate surface area is 137 Å². The molecule has 2 amide bonds. The maximum atomic E-state index is 13.1. The van der Waals surface area contributed by atoms with Crippen molar-refractivity contribution in [3.8, 4) is 0 Å². The smallest absolute Gasteiger partial charge is 0.267 e. The third-order valence-corrected chi connectivity index (χ3v) is 4.14. The molecule has 1 aliphatic rings. The number of carbonyl (C=O) groups is 2. The summed E-state index contributed by atoms with van der Waals surface area (Å²) >= 11 is 0. The summed E-state index contributed by atoms with van der Waals surface area (Å²) in [5, 5.41) is 3.20. The second-order valence-electron chi connectivity index (χ2n) is 5.93. The highest BCUT2D eigenvalue weighted by molar-refractivity contribution is 6.07. The predicted molar refractivity (Wildman–Crippen MR) is 85.0 cm³/mol. The number of alkyl halides is 2. The van der Waals surface area contributed by atoms with Gasteiger partial charge in [0.25, 0.3) is 11.8 Å². The first kappa shape index (κ1) is 16.3. The average molecular weight is 333 g/mol. The van der Waals surface area contributed by atoms with Gasteiger partial charge in [0.1, 0.15) is 0 Å². The van der Waals surface area contributed by atoms with E-state index in [1.54, 1.807) is 12.1 Å². The third-order valence-electron chi connectivity index (χ3n) is 4.14. The highest BCUT2D eigenvalue weighted by Gasteiger charge is 2.40. The number of pyridine rings is 1. The Bertz CT molecular complexity index is 808. The third kappa shape index (κ3) is 3.20. The van der Waals surface area contributed by atoms with Crippen LogP contribution in [0.15, 0.2) is 30.5 Å². The number of aryl methyl sites for hydroxylation is 1. The summed E-state index contributed by atoms with van der Waals surface area (Å²) in [5.74, 6) is -3.76. The minimum absolute atomic E-state index is 0.0130. The second-order valence-corrected chi connectivity index (χ2v) is 5.93. The zero-order valence-corrected chi connectivity index (χ0v) is 13.2. The summed E-state index contributed by atoms with van der Waals surface area (Å²) < 4.78 is 26.3. The molecule has 126 valence electrons. The van der Waals surface area contributed by atoms with Crippen LogP contribution in [0, 0.1) is 6.92 Å². The number of hydrogen-bond acceptors (Lipinski definition) is 3. The predicted octanol–water partition coefficient (Wildman–Crippen LogP) is 2.14. The molecule has 0 bridgehead atoms. The summed E-state index contributed by atoms with van der Waals surface area (Å²) in [6.45, 7) is 1.02. The van der Waals surface area contributed by atoms with E-state index in [9.17, 15) is 18.4 Å². The van der Waals surface area contributed by atoms with Crippen molar-refractivity contribution in [3.63, 3.8) is 0 Å². The molecule has 0 unspecified atom stereocenters. The van der Waals surface area contributed by atoms with Crippen molar-refractivity contribution in [3.05, 3.63) is 41.6 Å². The summed E-state index contributed by atoms with van der Waals surface area (Å²) in [4.78, 5) is 29.6. The fourth-order valence-electron chi connectivity index (χ4n) is 2.83. The van der Waals surface area contributed by atoms with Gasteiger partial charge in [-0.3, -0.25) is 14.6 Å². The Morgan fingerprint density at radius 1 is 1.33 bits per heavy atom. The van der Waals surface area contributed by atoms with Crippen LogP contribution in [0.2, 0.25) is 0 Å². The maximum absolute atomic E-state index is 13.1. The van der Waals surface area contributed by atoms with Gasteiger partial charge in [-0.1, -0.05) is 18.2 Å². The largest absolute Gasteiger partial charge is 0.343 e. The van der Waals surface area contributed by atoms with Gasteiger partial charge in [0.15, 0.2) is 0 Å². The molecule has 24 heavy (non-hydrogen) atoms. The molecule has 0 aliphatic carbocycles. The number of amides is 2. The van der Waals surface area contributed by atoms with E-state index in [0.29, 0.717) is 10.9 Å². The molecule has 2 aromatic rings. The lowest BCUT2D eigenvalue weighted by Crippen LogP contribution is -2.40. The number of hydrogen-bond donors (Lipinski definition) is 1. The van der Waals surface area contributed by atoms with E-state index < -0.39 is 24.3 Å². The topological polar surface area (TPSA) is 62.3 Å². The lowest BCUT2D eigenvalue weighted by Gasteiger charge is -2.16. The maximum Gasteiger partial charge on any atom is 0.267 e. The number of nitrogens with one attached hydrogen (secondary N) is 1. The van der Waals surface area contributed by atoms with Crippen LogP contribution in [-0.2, 0) is 4.79 Å². The van der Waals surface area contributed by atoms with Gasteiger partial charge in [0.2, 0.25) is 5.91 Å². The molecule has 1 saturated heterocycles. The highest BCUT2D eigenvalue weighted by atomic mass is 19.3. The summed E-state index contributed by atoms with van der Waals surface area (Å²) in [6, 6.07) is 7.08. The molecular weight excluding hydrogens is 316 g/mol. The van der Waals surface area contributed by atoms with Crippen LogP contribution in [0.1, 0.15) is 22.3 Å². The van der Waals surface area contributed by atoms with Gasteiger partial charge < -0.3 is 10.2 Å². The van der Waals surface area contributed by atoms with Crippen LogP contribution in [0.25, 0.3) is 10.9 Å². The molecule has 5 nitrogen and oxygen atoms in total. The Balaban J connectivity index is 1.70. The molecule has 0 spiro atoms. The van der Waals surface area contributed by atoms with Gasteiger partial charge in [-0.2, -0.15) is 0 Å². The molecule has 0 radical (unpaired) electrons. The molecule has 1 N–H and O–H groups in total. The monoisotopic (exact) mass is 333 g/mol. The number of likely N-dealkylation sites (tertiary alicyclic amines) is 1. The second kappa shape index (κ2) is 6.14. The number of nitrogens with zero attached hydrogens (tertiary/aromatic N) is 2. The van der Waals surface area contributed by atoms with Crippen molar-refractivity contribution in [2.24, 2.45) is 0 Å². The van der Waals surface area contributed by atoms with Crippen molar-refractivity contribution >= 4 is 22.7 Å². The molecule has 0 atom stereocenters. The van der Waals surface area contributed by atoms with E-state index in [2.05, 4.69) is 10.3 Å². The van der Waals surface area contributed by atoms with E-state index in [4.69, 9.17) is 0 Å². The highest BCUT2D eigenvalue weighted by Crippen LogP contribution is 2.26. The quantitative estimate of drug-likeness (QED) is 0.936. The summed E-state index contributed by atoms with van der Waals surface area (Å²) in [5.41, 5.74) is 2.07. The molecular formula is C17H17F2N3O2. The SMILES string of the molecule is Cc1cccc2c(C(=O)NCC(=O)N3CCC(F)(F)C3)ccnc12. The van der Waals surface area contributed by atoms with E-state index in [1.165, 1.54) is 6.20 Å². The standard InChI is InChI=1S/C17H17F2N3O2/c1-11-3-2-4-12-13(5-7-20-15(11)12)16(24)21-9-14(23)22-8-6-17(18,19)10-22/h2-5,7H,6,8-10H2,1H3,(H,21,24). The Morgan fingerprint density at radius 2 is 2.12 bits per heavy atom. The van der Waals surface area contributed by atoms with E-state index in [1.807, 2.05) is 19.1 Å². The molecule has 3 rings (SSSR count). The Morgan fingerprint density at radius 3 is 2.83 bits per heavy atom. The molecule has 1 fully saturated rings. The molecule has 1 aromatic heterocycles. The number of para-hydroxylation sites is 1. The van der Waals surface area contributed by atoms with Crippen LogP contribution < -0.4 is 5.32 Å². The van der Waals surface area contributed by atoms with Crippen molar-refractivity contribution in [2.45, 2.75) is 19.3 Å². The normalized spacial score (nSPS) is 16.4. The van der Waals surface area contributed by atoms with Crippen LogP contribution in [0.4, 0.5) is 8.78 Å². The summed E-state index contributed by atoms with van der Waals surface area (Å²) in [6.07, 6.45) is 1.20. The fraction of sp³-hybridized carbons (Fsp3) is 0.353. The molecule has 2 heterocycles. The zero-order valence-electron chi connectivity index (χ0n) is 13.2. The fourth-order valence-corrected chi connectivity index (χ4v) is 2.83. The molecule has 1 aliphatic heterocycles. The van der Waals surface area contributed by atoms with Gasteiger partial charge in [-0.25, -0.2) is 8.78 Å². The molecule has 0 saturated carbocycles. The van der Waals surface area contributed by atoms with Gasteiger partial charge in [-0.05, 0) is 18.6 Å². The van der Waals surface area contributed by atoms with Crippen molar-refractivity contribution in [1.82, 2.24) is 15.2 Å². The first-order valence-corrected chi connectivity index (χ1v) is 7.65. The van der Waals surface area contributed by atoms with E-state index >= 15 is 0 Å². The average Bonchev–Trinajstić information content (AvgIpc) is 2.92. The number of carbonyl (C=O) groups excluding carboxylic acids is 2. The first-order chi connectivity index (χ1) is 11.4. The van der Waals surface area contributed by atoms with Crippen molar-refractivity contribution in [2.75, 3.05) is 19.6 Å². The van der Waals surface area contributed by atoms with Gasteiger partial charge in [-0.15, -0.1) is 0 Å². The number of rotatable bonds is 3. The van der Waals surface area contributed by atoms with Crippen molar-refractivity contribution < 1.29 is 18.4 Å². The number of fused-ring (bicyclic) bond motifs is 1. The van der Waals surface area contributed by atoms with E-state index in [0.717, 1.165) is 16.0 Å². The molecule has 7 heteroatoms.